The van der Waals surface area contributed by atoms with Gasteiger partial charge in [-0.3, -0.25) is 0 Å². The third-order valence-corrected chi connectivity index (χ3v) is 5.31. The van der Waals surface area contributed by atoms with E-state index in [2.05, 4.69) is 36.1 Å². The second kappa shape index (κ2) is 10.3. The zero-order valence-electron chi connectivity index (χ0n) is 16.4. The van der Waals surface area contributed by atoms with Crippen LogP contribution in [0.5, 0.6) is 5.75 Å². The molecule has 0 aliphatic carbocycles. The maximum absolute atomic E-state index is 13.9. The van der Waals surface area contributed by atoms with Crippen LogP contribution < -0.4 is 14.5 Å². The van der Waals surface area contributed by atoms with Gasteiger partial charge in [0, 0.05) is 5.56 Å². The van der Waals surface area contributed by atoms with E-state index >= 15 is 0 Å². The van der Waals surface area contributed by atoms with Crippen LogP contribution in [-0.2, 0) is 6.54 Å². The number of piperazine rings is 1. The quantitative estimate of drug-likeness (QED) is 0.677. The summed E-state index contributed by atoms with van der Waals surface area (Å²) in [6, 6.07) is 15.6. The van der Waals surface area contributed by atoms with Crippen molar-refractivity contribution >= 4 is 5.69 Å². The molecule has 3 nitrogen and oxygen atoms in total. The minimum Gasteiger partial charge on any atom is -0.494 e. The van der Waals surface area contributed by atoms with Crippen molar-refractivity contribution in [2.45, 2.75) is 39.2 Å². The van der Waals surface area contributed by atoms with Crippen molar-refractivity contribution < 1.29 is 14.0 Å². The highest BCUT2D eigenvalue weighted by Gasteiger charge is 2.21. The first-order valence-electron chi connectivity index (χ1n) is 10.3. The van der Waals surface area contributed by atoms with Gasteiger partial charge in [-0.25, -0.2) is 4.39 Å². The molecule has 1 aliphatic rings. The molecular formula is C23H32FN2O+. The van der Waals surface area contributed by atoms with E-state index in [-0.39, 0.29) is 5.82 Å². The molecule has 0 saturated carbocycles. The lowest BCUT2D eigenvalue weighted by Crippen LogP contribution is -3.13. The summed E-state index contributed by atoms with van der Waals surface area (Å²) in [6.45, 7) is 7.91. The fraction of sp³-hybridized carbons (Fsp3) is 0.478. The number of nitrogens with one attached hydrogen (secondary N) is 1. The van der Waals surface area contributed by atoms with Gasteiger partial charge in [0.2, 0.25) is 0 Å². The lowest BCUT2D eigenvalue weighted by atomic mass is 10.1. The summed E-state index contributed by atoms with van der Waals surface area (Å²) in [5.74, 6) is 0.848. The molecule has 0 bridgehead atoms. The average Bonchev–Trinajstić information content (AvgIpc) is 2.70. The molecule has 0 aromatic heterocycles. The Morgan fingerprint density at radius 1 is 0.963 bits per heavy atom. The van der Waals surface area contributed by atoms with Crippen molar-refractivity contribution in [1.82, 2.24) is 0 Å². The average molecular weight is 372 g/mol. The maximum atomic E-state index is 13.9. The molecule has 4 heteroatoms. The molecule has 1 fully saturated rings. The number of para-hydroxylation sites is 1. The number of halogens is 1. The Hall–Kier alpha value is -2.07. The molecule has 2 aromatic rings. The fourth-order valence-electron chi connectivity index (χ4n) is 3.66. The predicted octanol–water partition coefficient (Wildman–Crippen LogP) is 3.69. The van der Waals surface area contributed by atoms with Gasteiger partial charge in [-0.1, -0.05) is 38.3 Å². The van der Waals surface area contributed by atoms with Crippen molar-refractivity contribution in [2.75, 3.05) is 37.7 Å². The first kappa shape index (κ1) is 19.7. The monoisotopic (exact) mass is 371 g/mol. The topological polar surface area (TPSA) is 16.9 Å². The molecule has 146 valence electrons. The molecule has 1 N–H and O–H groups in total. The van der Waals surface area contributed by atoms with E-state index in [4.69, 9.17) is 4.74 Å². The smallest absolute Gasteiger partial charge is 0.146 e. The lowest BCUT2D eigenvalue weighted by Gasteiger charge is -2.33. The van der Waals surface area contributed by atoms with Gasteiger partial charge in [0.1, 0.15) is 18.1 Å². The summed E-state index contributed by atoms with van der Waals surface area (Å²) >= 11 is 0. The number of quaternary nitrogens is 1. The second-order valence-corrected chi connectivity index (χ2v) is 7.42. The Bertz CT molecular complexity index is 681. The van der Waals surface area contributed by atoms with Crippen molar-refractivity contribution in [3.05, 3.63) is 59.9 Å². The van der Waals surface area contributed by atoms with E-state index in [1.165, 1.54) is 24.8 Å². The fourth-order valence-corrected chi connectivity index (χ4v) is 3.66. The van der Waals surface area contributed by atoms with Crippen LogP contribution in [0.1, 0.15) is 38.2 Å². The van der Waals surface area contributed by atoms with E-state index in [0.717, 1.165) is 57.2 Å². The molecule has 1 aliphatic heterocycles. The van der Waals surface area contributed by atoms with Gasteiger partial charge >= 0.3 is 0 Å². The number of rotatable bonds is 9. The van der Waals surface area contributed by atoms with Crippen molar-refractivity contribution in [1.29, 1.82) is 0 Å². The number of hydrogen-bond acceptors (Lipinski definition) is 2. The number of nitrogens with zero attached hydrogens (tertiary/aromatic N) is 1. The van der Waals surface area contributed by atoms with E-state index in [1.54, 1.807) is 17.0 Å². The van der Waals surface area contributed by atoms with Crippen LogP contribution in [0.25, 0.3) is 0 Å². The molecule has 1 heterocycles. The third-order valence-electron chi connectivity index (χ3n) is 5.31. The van der Waals surface area contributed by atoms with Crippen molar-refractivity contribution in [3.8, 4) is 5.75 Å². The van der Waals surface area contributed by atoms with Crippen LogP contribution in [0, 0.1) is 5.82 Å². The normalized spacial score (nSPS) is 15.1. The van der Waals surface area contributed by atoms with Gasteiger partial charge in [0.25, 0.3) is 0 Å². The Kier molecular flexibility index (Phi) is 7.52. The van der Waals surface area contributed by atoms with Gasteiger partial charge < -0.3 is 14.5 Å². The summed E-state index contributed by atoms with van der Waals surface area (Å²) in [5, 5.41) is 0. The maximum Gasteiger partial charge on any atom is 0.146 e. The van der Waals surface area contributed by atoms with Gasteiger partial charge in [0.05, 0.1) is 38.5 Å². The number of benzene rings is 2. The first-order chi connectivity index (χ1) is 13.3. The SMILES string of the molecule is CCCCCCOc1ccc(C[NH+]2CCN(c3ccccc3F)CC2)cc1. The van der Waals surface area contributed by atoms with Crippen LogP contribution in [0.15, 0.2) is 48.5 Å². The largest absolute Gasteiger partial charge is 0.494 e. The van der Waals surface area contributed by atoms with Crippen LogP contribution in [0.4, 0.5) is 10.1 Å². The van der Waals surface area contributed by atoms with Crippen LogP contribution >= 0.6 is 0 Å². The zero-order chi connectivity index (χ0) is 18.9. The third kappa shape index (κ3) is 5.96. The number of ether oxygens (including phenoxy) is 1. The zero-order valence-corrected chi connectivity index (χ0v) is 16.4. The molecule has 0 amide bonds. The lowest BCUT2D eigenvalue weighted by molar-refractivity contribution is -0.914. The molecule has 0 unspecified atom stereocenters. The molecule has 27 heavy (non-hydrogen) atoms. The molecular weight excluding hydrogens is 339 g/mol. The molecule has 2 aromatic carbocycles. The van der Waals surface area contributed by atoms with E-state index in [9.17, 15) is 4.39 Å². The highest BCUT2D eigenvalue weighted by molar-refractivity contribution is 5.47. The van der Waals surface area contributed by atoms with E-state index in [0.29, 0.717) is 0 Å². The van der Waals surface area contributed by atoms with Gasteiger partial charge in [0.15, 0.2) is 0 Å². The summed E-state index contributed by atoms with van der Waals surface area (Å²) in [6.07, 6.45) is 4.92. The highest BCUT2D eigenvalue weighted by atomic mass is 19.1. The number of hydrogen-bond donors (Lipinski definition) is 1. The van der Waals surface area contributed by atoms with Gasteiger partial charge in [-0.05, 0) is 42.8 Å². The van der Waals surface area contributed by atoms with Crippen molar-refractivity contribution in [2.24, 2.45) is 0 Å². The van der Waals surface area contributed by atoms with Crippen LogP contribution in [0.3, 0.4) is 0 Å². The Morgan fingerprint density at radius 2 is 1.70 bits per heavy atom. The highest BCUT2D eigenvalue weighted by Crippen LogP contribution is 2.18. The predicted molar refractivity (Wildman–Crippen MR) is 109 cm³/mol. The van der Waals surface area contributed by atoms with Crippen LogP contribution in [-0.4, -0.2) is 32.8 Å². The minimum atomic E-state index is -0.119. The summed E-state index contributed by atoms with van der Waals surface area (Å²) in [5.41, 5.74) is 2.07. The number of anilines is 1. The second-order valence-electron chi connectivity index (χ2n) is 7.42. The van der Waals surface area contributed by atoms with Crippen LogP contribution in [0.2, 0.25) is 0 Å². The molecule has 0 spiro atoms. The van der Waals surface area contributed by atoms with E-state index in [1.807, 2.05) is 12.1 Å². The minimum absolute atomic E-state index is 0.119. The molecule has 0 atom stereocenters. The van der Waals surface area contributed by atoms with Crippen molar-refractivity contribution in [3.63, 3.8) is 0 Å². The Balaban J connectivity index is 1.42. The Morgan fingerprint density at radius 3 is 2.41 bits per heavy atom. The summed E-state index contributed by atoms with van der Waals surface area (Å²) < 4.78 is 19.8. The molecule has 0 radical (unpaired) electrons. The Labute approximate surface area is 162 Å². The molecule has 1 saturated heterocycles. The number of unbranched alkanes of at least 4 members (excludes halogenated alkanes) is 3. The first-order valence-corrected chi connectivity index (χ1v) is 10.3. The molecule has 3 rings (SSSR count). The summed E-state index contributed by atoms with van der Waals surface area (Å²) in [4.78, 5) is 3.71. The summed E-state index contributed by atoms with van der Waals surface area (Å²) in [7, 11) is 0. The van der Waals surface area contributed by atoms with E-state index < -0.39 is 0 Å². The standard InChI is InChI=1S/C23H31FN2O/c1-2-3-4-7-18-27-21-12-10-20(11-13-21)19-25-14-16-26(17-15-25)23-9-6-5-8-22(23)24/h5-6,8-13H,2-4,7,14-19H2,1H3/p+1. The van der Waals surface area contributed by atoms with Gasteiger partial charge in [-0.2, -0.15) is 0 Å². The van der Waals surface area contributed by atoms with Gasteiger partial charge in [-0.15, -0.1) is 0 Å².